The number of Topliss-reactive ketones (excluding diaryl/α,β-unsaturated/α-hetero) is 1. The van der Waals surface area contributed by atoms with E-state index in [4.69, 9.17) is 14.7 Å². The van der Waals surface area contributed by atoms with E-state index in [0.29, 0.717) is 43.4 Å². The highest BCUT2D eigenvalue weighted by Gasteiger charge is 2.24. The minimum absolute atomic E-state index is 0.00344. The van der Waals surface area contributed by atoms with Gasteiger partial charge in [-0.1, -0.05) is 12.1 Å². The molecule has 3 heterocycles. The topological polar surface area (TPSA) is 103 Å². The van der Waals surface area contributed by atoms with Crippen molar-refractivity contribution >= 4 is 51.5 Å². The van der Waals surface area contributed by atoms with Crippen LogP contribution in [0.5, 0.6) is 0 Å². The lowest BCUT2D eigenvalue weighted by Crippen LogP contribution is -2.50. The number of piperazine rings is 1. The van der Waals surface area contributed by atoms with Crippen LogP contribution in [0.15, 0.2) is 72.8 Å². The Morgan fingerprint density at radius 1 is 0.756 bits per heavy atom. The highest BCUT2D eigenvalue weighted by atomic mass is 16.5. The van der Waals surface area contributed by atoms with Gasteiger partial charge in [0.25, 0.3) is 0 Å². The minimum Gasteiger partial charge on any atom is -0.378 e. The first-order chi connectivity index (χ1) is 20.0. The van der Waals surface area contributed by atoms with Crippen LogP contribution in [-0.4, -0.2) is 79.2 Å². The Morgan fingerprint density at radius 3 is 2.15 bits per heavy atom. The number of anilines is 5. The molecular formula is C31H33N7O3. The molecule has 210 valence electrons. The van der Waals surface area contributed by atoms with Crippen LogP contribution >= 0.6 is 0 Å². The summed E-state index contributed by atoms with van der Waals surface area (Å²) in [4.78, 5) is 40.5. The SMILES string of the molecule is CC(=O)c1ccc(NC(=O)N2CCN(c3nc(Nc4ccc(N5CCOCC5)cc4)nc4ccccc34)CC2)cc1. The van der Waals surface area contributed by atoms with Gasteiger partial charge in [0.1, 0.15) is 5.82 Å². The number of para-hydroxylation sites is 1. The third-order valence-electron chi connectivity index (χ3n) is 7.49. The molecule has 0 unspecified atom stereocenters. The second kappa shape index (κ2) is 11.8. The number of ether oxygens (including phenoxy) is 1. The van der Waals surface area contributed by atoms with E-state index in [1.807, 2.05) is 36.4 Å². The maximum atomic E-state index is 12.9. The van der Waals surface area contributed by atoms with E-state index >= 15 is 0 Å². The molecule has 1 aromatic heterocycles. The van der Waals surface area contributed by atoms with E-state index in [1.54, 1.807) is 29.2 Å². The number of carbonyl (C=O) groups is 2. The molecule has 3 aromatic carbocycles. The Hall–Kier alpha value is -4.70. The molecule has 2 aliphatic rings. The van der Waals surface area contributed by atoms with Crippen molar-refractivity contribution in [2.75, 3.05) is 72.9 Å². The maximum Gasteiger partial charge on any atom is 0.321 e. The molecule has 41 heavy (non-hydrogen) atoms. The Kier molecular flexibility index (Phi) is 7.64. The molecule has 6 rings (SSSR count). The average molecular weight is 552 g/mol. The number of carbonyl (C=O) groups excluding carboxylic acids is 2. The third-order valence-corrected chi connectivity index (χ3v) is 7.49. The fourth-order valence-electron chi connectivity index (χ4n) is 5.18. The van der Waals surface area contributed by atoms with Crippen LogP contribution in [0, 0.1) is 0 Å². The number of nitrogens with one attached hydrogen (secondary N) is 2. The molecule has 0 atom stereocenters. The van der Waals surface area contributed by atoms with Crippen LogP contribution in [0.1, 0.15) is 17.3 Å². The molecule has 0 spiro atoms. The number of aromatic nitrogens is 2. The smallest absolute Gasteiger partial charge is 0.321 e. The normalized spacial score (nSPS) is 15.6. The van der Waals surface area contributed by atoms with Crippen LogP contribution in [0.25, 0.3) is 10.9 Å². The number of benzene rings is 3. The summed E-state index contributed by atoms with van der Waals surface area (Å²) in [7, 11) is 0. The molecule has 0 aliphatic carbocycles. The van der Waals surface area contributed by atoms with Crippen molar-refractivity contribution in [3.05, 3.63) is 78.4 Å². The highest BCUT2D eigenvalue weighted by molar-refractivity contribution is 5.95. The molecule has 10 heteroatoms. The molecular weight excluding hydrogens is 518 g/mol. The summed E-state index contributed by atoms with van der Waals surface area (Å²) in [6.45, 7) is 7.22. The van der Waals surface area contributed by atoms with Crippen molar-refractivity contribution in [3.63, 3.8) is 0 Å². The van der Waals surface area contributed by atoms with Gasteiger partial charge in [0.05, 0.1) is 18.7 Å². The van der Waals surface area contributed by atoms with Gasteiger partial charge in [0, 0.05) is 67.3 Å². The number of fused-ring (bicyclic) bond motifs is 1. The highest BCUT2D eigenvalue weighted by Crippen LogP contribution is 2.28. The fraction of sp³-hybridized carbons (Fsp3) is 0.290. The van der Waals surface area contributed by atoms with Gasteiger partial charge in [-0.3, -0.25) is 4.79 Å². The number of urea groups is 1. The van der Waals surface area contributed by atoms with Crippen molar-refractivity contribution < 1.29 is 14.3 Å². The monoisotopic (exact) mass is 551 g/mol. The molecule has 2 saturated heterocycles. The number of hydrogen-bond acceptors (Lipinski definition) is 8. The molecule has 2 amide bonds. The van der Waals surface area contributed by atoms with E-state index < -0.39 is 0 Å². The summed E-state index contributed by atoms with van der Waals surface area (Å²) >= 11 is 0. The first kappa shape index (κ1) is 26.5. The second-order valence-corrected chi connectivity index (χ2v) is 10.2. The summed E-state index contributed by atoms with van der Waals surface area (Å²) in [6.07, 6.45) is 0. The first-order valence-corrected chi connectivity index (χ1v) is 13.9. The predicted octanol–water partition coefficient (Wildman–Crippen LogP) is 4.77. The van der Waals surface area contributed by atoms with Gasteiger partial charge in [-0.05, 0) is 67.6 Å². The molecule has 0 bridgehead atoms. The van der Waals surface area contributed by atoms with E-state index in [1.165, 1.54) is 12.6 Å². The zero-order chi connectivity index (χ0) is 28.2. The number of amides is 2. The Morgan fingerprint density at radius 2 is 1.44 bits per heavy atom. The summed E-state index contributed by atoms with van der Waals surface area (Å²) in [5, 5.41) is 7.29. The number of hydrogen-bond donors (Lipinski definition) is 2. The van der Waals surface area contributed by atoms with Crippen molar-refractivity contribution in [1.29, 1.82) is 0 Å². The van der Waals surface area contributed by atoms with Gasteiger partial charge in [-0.2, -0.15) is 4.98 Å². The van der Waals surface area contributed by atoms with E-state index in [0.717, 1.165) is 48.7 Å². The first-order valence-electron chi connectivity index (χ1n) is 13.9. The number of morpholine rings is 1. The van der Waals surface area contributed by atoms with Crippen molar-refractivity contribution in [2.24, 2.45) is 0 Å². The predicted molar refractivity (Wildman–Crippen MR) is 162 cm³/mol. The summed E-state index contributed by atoms with van der Waals surface area (Å²) in [5.41, 5.74) is 4.24. The second-order valence-electron chi connectivity index (χ2n) is 10.2. The zero-order valence-electron chi connectivity index (χ0n) is 23.0. The molecule has 4 aromatic rings. The number of ketones is 1. The van der Waals surface area contributed by atoms with Gasteiger partial charge in [0.2, 0.25) is 5.95 Å². The Labute approximate surface area is 238 Å². The Bertz CT molecular complexity index is 1530. The molecule has 0 saturated carbocycles. The van der Waals surface area contributed by atoms with Crippen molar-refractivity contribution in [2.45, 2.75) is 6.92 Å². The van der Waals surface area contributed by atoms with Gasteiger partial charge in [0.15, 0.2) is 5.78 Å². The largest absolute Gasteiger partial charge is 0.378 e. The molecule has 2 aliphatic heterocycles. The lowest BCUT2D eigenvalue weighted by atomic mass is 10.1. The average Bonchev–Trinajstić information content (AvgIpc) is 3.02. The molecule has 2 fully saturated rings. The van der Waals surface area contributed by atoms with Gasteiger partial charge in [-0.15, -0.1) is 0 Å². The molecule has 2 N–H and O–H groups in total. The quantitative estimate of drug-likeness (QED) is 0.331. The standard InChI is InChI=1S/C31H33N7O3/c1-22(39)23-6-8-25(9-7-23)33-31(40)38-16-14-37(15-17-38)29-27-4-2-3-5-28(27)34-30(35-29)32-24-10-12-26(13-11-24)36-18-20-41-21-19-36/h2-13H,14-21H2,1H3,(H,33,40)(H,32,34,35). The Balaban J connectivity index is 1.13. The summed E-state index contributed by atoms with van der Waals surface area (Å²) in [5.74, 6) is 1.38. The summed E-state index contributed by atoms with van der Waals surface area (Å²) in [6, 6.07) is 23.1. The minimum atomic E-state index is -0.157. The zero-order valence-corrected chi connectivity index (χ0v) is 23.0. The van der Waals surface area contributed by atoms with E-state index in [2.05, 4.69) is 32.6 Å². The third kappa shape index (κ3) is 6.07. The van der Waals surface area contributed by atoms with Crippen LogP contribution in [-0.2, 0) is 4.74 Å². The van der Waals surface area contributed by atoms with Crippen molar-refractivity contribution in [3.8, 4) is 0 Å². The van der Waals surface area contributed by atoms with Gasteiger partial charge < -0.3 is 30.1 Å². The maximum absolute atomic E-state index is 12.9. The molecule has 0 radical (unpaired) electrons. The number of nitrogens with zero attached hydrogens (tertiary/aromatic N) is 5. The van der Waals surface area contributed by atoms with Crippen LogP contribution < -0.4 is 20.4 Å². The molecule has 10 nitrogen and oxygen atoms in total. The lowest BCUT2D eigenvalue weighted by molar-refractivity contribution is 0.101. The van der Waals surface area contributed by atoms with Crippen LogP contribution in [0.4, 0.5) is 33.6 Å². The van der Waals surface area contributed by atoms with Crippen LogP contribution in [0.3, 0.4) is 0 Å². The van der Waals surface area contributed by atoms with Gasteiger partial charge in [-0.25, -0.2) is 9.78 Å². The lowest BCUT2D eigenvalue weighted by Gasteiger charge is -2.35. The van der Waals surface area contributed by atoms with Crippen molar-refractivity contribution in [1.82, 2.24) is 14.9 Å². The van der Waals surface area contributed by atoms with E-state index in [9.17, 15) is 9.59 Å². The number of rotatable bonds is 6. The summed E-state index contributed by atoms with van der Waals surface area (Å²) < 4.78 is 5.47. The van der Waals surface area contributed by atoms with Crippen LogP contribution in [0.2, 0.25) is 0 Å². The van der Waals surface area contributed by atoms with Gasteiger partial charge >= 0.3 is 6.03 Å². The van der Waals surface area contributed by atoms with E-state index in [-0.39, 0.29) is 11.8 Å². The fourth-order valence-corrected chi connectivity index (χ4v) is 5.18.